The van der Waals surface area contributed by atoms with E-state index in [1.807, 2.05) is 6.07 Å². The van der Waals surface area contributed by atoms with Gasteiger partial charge in [-0.1, -0.05) is 58.0 Å². The fourth-order valence-corrected chi connectivity index (χ4v) is 2.68. The minimum atomic E-state index is -0.123. The zero-order valence-corrected chi connectivity index (χ0v) is 13.3. The quantitative estimate of drug-likeness (QED) is 0.758. The average Bonchev–Trinajstić information content (AvgIpc) is 2.64. The molecule has 2 aromatic rings. The van der Waals surface area contributed by atoms with Crippen LogP contribution in [0.4, 0.5) is 0 Å². The van der Waals surface area contributed by atoms with E-state index in [2.05, 4.69) is 4.98 Å². The number of benzene rings is 1. The summed E-state index contributed by atoms with van der Waals surface area (Å²) in [5.41, 5.74) is 0. The molecule has 0 bridgehead atoms. The van der Waals surface area contributed by atoms with Gasteiger partial charge in [-0.2, -0.15) is 5.26 Å². The molecule has 0 atom stereocenters. The summed E-state index contributed by atoms with van der Waals surface area (Å²) in [4.78, 5) is 3.77. The van der Waals surface area contributed by atoms with Crippen LogP contribution in [-0.2, 0) is 6.73 Å². The van der Waals surface area contributed by atoms with E-state index < -0.39 is 0 Å². The second kappa shape index (κ2) is 6.30. The summed E-state index contributed by atoms with van der Waals surface area (Å²) in [6, 6.07) is 4.82. The van der Waals surface area contributed by atoms with Crippen molar-refractivity contribution in [3.8, 4) is 11.8 Å². The highest BCUT2D eigenvalue weighted by Gasteiger charge is 2.16. The Morgan fingerprint density at radius 3 is 2.30 bits per heavy atom. The summed E-state index contributed by atoms with van der Waals surface area (Å²) < 4.78 is 6.73. The minimum absolute atomic E-state index is 0.0140. The Morgan fingerprint density at radius 2 is 1.75 bits per heavy atom. The lowest BCUT2D eigenvalue weighted by Crippen LogP contribution is -2.08. The molecule has 0 spiro atoms. The molecule has 0 aliphatic heterocycles. The van der Waals surface area contributed by atoms with E-state index in [0.717, 1.165) is 0 Å². The van der Waals surface area contributed by atoms with Crippen LogP contribution in [0.1, 0.15) is 5.82 Å². The van der Waals surface area contributed by atoms with Crippen LogP contribution in [0, 0.1) is 11.3 Å². The zero-order valence-electron chi connectivity index (χ0n) is 9.50. The van der Waals surface area contributed by atoms with Crippen molar-refractivity contribution < 1.29 is 4.74 Å². The molecule has 0 radical (unpaired) electrons. The number of aromatic nitrogens is 2. The van der Waals surface area contributed by atoms with Crippen molar-refractivity contribution in [2.75, 3.05) is 0 Å². The third-order valence-electron chi connectivity index (χ3n) is 2.27. The molecule has 4 nitrogen and oxygen atoms in total. The summed E-state index contributed by atoms with van der Waals surface area (Å²) >= 11 is 29.4. The van der Waals surface area contributed by atoms with Crippen molar-refractivity contribution in [3.05, 3.63) is 43.3 Å². The first-order valence-corrected chi connectivity index (χ1v) is 6.92. The van der Waals surface area contributed by atoms with Crippen molar-refractivity contribution in [1.29, 1.82) is 5.26 Å². The van der Waals surface area contributed by atoms with Crippen LogP contribution in [0.5, 0.6) is 5.75 Å². The summed E-state index contributed by atoms with van der Waals surface area (Å²) in [5.74, 6) is 0.240. The molecule has 2 rings (SSSR count). The second-order valence-electron chi connectivity index (χ2n) is 3.53. The van der Waals surface area contributed by atoms with Gasteiger partial charge >= 0.3 is 0 Å². The predicted octanol–water partition coefficient (Wildman–Crippen LogP) is 5.06. The Labute approximate surface area is 139 Å². The molecule has 0 fully saturated rings. The van der Waals surface area contributed by atoms with E-state index in [1.165, 1.54) is 16.7 Å². The van der Waals surface area contributed by atoms with Gasteiger partial charge in [-0.05, 0) is 12.1 Å². The van der Waals surface area contributed by atoms with Crippen LogP contribution in [0.25, 0.3) is 0 Å². The number of nitrogens with zero attached hydrogens (tertiary/aromatic N) is 3. The summed E-state index contributed by atoms with van der Waals surface area (Å²) in [5, 5.41) is 9.89. The predicted molar refractivity (Wildman–Crippen MR) is 79.1 cm³/mol. The second-order valence-corrected chi connectivity index (χ2v) is 5.50. The number of nitriles is 1. The van der Waals surface area contributed by atoms with E-state index in [-0.39, 0.29) is 38.7 Å². The molecular formula is C11H4Cl5N3O. The van der Waals surface area contributed by atoms with E-state index >= 15 is 0 Å². The molecule has 1 aromatic heterocycles. The van der Waals surface area contributed by atoms with Crippen LogP contribution < -0.4 is 4.74 Å². The van der Waals surface area contributed by atoms with E-state index in [9.17, 15) is 0 Å². The number of imidazole rings is 1. The Balaban J connectivity index is 2.28. The molecule has 104 valence electrons. The normalized spacial score (nSPS) is 10.4. The molecule has 1 heterocycles. The van der Waals surface area contributed by atoms with Gasteiger partial charge in [0.15, 0.2) is 22.8 Å². The Kier molecular flexibility index (Phi) is 4.90. The van der Waals surface area contributed by atoms with E-state index in [4.69, 9.17) is 68.0 Å². The molecule has 0 saturated heterocycles. The number of hydrogen-bond acceptors (Lipinski definition) is 3. The Bertz CT molecular complexity index is 684. The van der Waals surface area contributed by atoms with Gasteiger partial charge in [0, 0.05) is 5.02 Å². The van der Waals surface area contributed by atoms with Crippen LogP contribution in [0.2, 0.25) is 25.4 Å². The van der Waals surface area contributed by atoms with Crippen LogP contribution in [0.3, 0.4) is 0 Å². The Morgan fingerprint density at radius 1 is 1.15 bits per heavy atom. The van der Waals surface area contributed by atoms with Crippen LogP contribution in [0.15, 0.2) is 12.1 Å². The Hall–Kier alpha value is -0.830. The smallest absolute Gasteiger partial charge is 0.218 e. The van der Waals surface area contributed by atoms with Gasteiger partial charge in [0.05, 0.1) is 10.0 Å². The van der Waals surface area contributed by atoms with Gasteiger partial charge in [0.1, 0.15) is 6.07 Å². The standard InChI is InChI=1S/C11H4Cl5N3O/c12-5-1-6(13)9(7(14)2-5)20-4-19-8(3-17)18-10(15)11(19)16/h1-2H,4H2. The number of halogens is 5. The van der Waals surface area contributed by atoms with Gasteiger partial charge in [0.2, 0.25) is 5.82 Å². The molecule has 0 unspecified atom stereocenters. The maximum Gasteiger partial charge on any atom is 0.218 e. The monoisotopic (exact) mass is 369 g/mol. The fourth-order valence-electron chi connectivity index (χ4n) is 1.40. The SMILES string of the molecule is N#Cc1nc(Cl)c(Cl)n1COc1c(Cl)cc(Cl)cc1Cl. The third kappa shape index (κ3) is 3.08. The average molecular weight is 371 g/mol. The molecule has 0 N–H and O–H groups in total. The molecule has 0 aliphatic carbocycles. The van der Waals surface area contributed by atoms with Crippen molar-refractivity contribution in [2.24, 2.45) is 0 Å². The van der Waals surface area contributed by atoms with Crippen molar-refractivity contribution in [1.82, 2.24) is 9.55 Å². The van der Waals surface area contributed by atoms with Gasteiger partial charge in [-0.15, -0.1) is 0 Å². The highest BCUT2D eigenvalue weighted by Crippen LogP contribution is 2.36. The lowest BCUT2D eigenvalue weighted by molar-refractivity contribution is 0.236. The van der Waals surface area contributed by atoms with Gasteiger partial charge in [-0.3, -0.25) is 4.57 Å². The molecule has 0 amide bonds. The van der Waals surface area contributed by atoms with E-state index in [0.29, 0.717) is 5.02 Å². The van der Waals surface area contributed by atoms with Gasteiger partial charge in [-0.25, -0.2) is 4.98 Å². The molecule has 9 heteroatoms. The van der Waals surface area contributed by atoms with Gasteiger partial charge in [0.25, 0.3) is 0 Å². The van der Waals surface area contributed by atoms with Crippen LogP contribution >= 0.6 is 58.0 Å². The molecule has 1 aromatic carbocycles. The summed E-state index contributed by atoms with van der Waals surface area (Å²) in [6.45, 7) is -0.123. The van der Waals surface area contributed by atoms with Gasteiger partial charge < -0.3 is 4.74 Å². The zero-order chi connectivity index (χ0) is 14.9. The highest BCUT2D eigenvalue weighted by molar-refractivity contribution is 6.41. The number of rotatable bonds is 3. The van der Waals surface area contributed by atoms with E-state index in [1.54, 1.807) is 0 Å². The maximum absolute atomic E-state index is 8.92. The number of hydrogen-bond donors (Lipinski definition) is 0. The first-order chi connectivity index (χ1) is 9.43. The first-order valence-electron chi connectivity index (χ1n) is 5.03. The third-order valence-corrected chi connectivity index (χ3v) is 3.79. The molecular weight excluding hydrogens is 367 g/mol. The van der Waals surface area contributed by atoms with Crippen LogP contribution in [-0.4, -0.2) is 9.55 Å². The van der Waals surface area contributed by atoms with Crippen molar-refractivity contribution in [2.45, 2.75) is 6.73 Å². The number of ether oxygens (including phenoxy) is 1. The molecule has 20 heavy (non-hydrogen) atoms. The first kappa shape index (κ1) is 15.6. The maximum atomic E-state index is 8.92. The largest absolute Gasteiger partial charge is 0.470 e. The summed E-state index contributed by atoms with van der Waals surface area (Å²) in [6.07, 6.45) is 0. The summed E-state index contributed by atoms with van der Waals surface area (Å²) in [7, 11) is 0. The lowest BCUT2D eigenvalue weighted by atomic mass is 10.3. The highest BCUT2D eigenvalue weighted by atomic mass is 35.5. The minimum Gasteiger partial charge on any atom is -0.470 e. The molecule has 0 aliphatic rings. The topological polar surface area (TPSA) is 50.8 Å². The van der Waals surface area contributed by atoms with Crippen molar-refractivity contribution >= 4 is 58.0 Å². The lowest BCUT2D eigenvalue weighted by Gasteiger charge is -2.11. The molecule has 0 saturated carbocycles. The van der Waals surface area contributed by atoms with Crippen molar-refractivity contribution in [3.63, 3.8) is 0 Å². The fraction of sp³-hybridized carbons (Fsp3) is 0.0909.